The third-order valence-electron chi connectivity index (χ3n) is 1.88. The van der Waals surface area contributed by atoms with Crippen LogP contribution in [0, 0.1) is 0 Å². The van der Waals surface area contributed by atoms with Crippen LogP contribution in [0.25, 0.3) is 0 Å². The first-order valence-corrected chi connectivity index (χ1v) is 5.51. The number of hydrogen-bond acceptors (Lipinski definition) is 4. The molecule has 0 saturated heterocycles. The van der Waals surface area contributed by atoms with Crippen LogP contribution >= 0.6 is 23.4 Å². The van der Waals surface area contributed by atoms with Gasteiger partial charge in [0, 0.05) is 16.5 Å². The second kappa shape index (κ2) is 4.65. The quantitative estimate of drug-likeness (QED) is 0.862. The smallest absolute Gasteiger partial charge is 0.188 e. The maximum Gasteiger partial charge on any atom is 0.188 e. The lowest BCUT2D eigenvalue weighted by atomic mass is 10.2. The highest BCUT2D eigenvalue weighted by Gasteiger charge is 2.07. The van der Waals surface area contributed by atoms with Gasteiger partial charge < -0.3 is 5.73 Å². The van der Waals surface area contributed by atoms with E-state index in [4.69, 9.17) is 17.3 Å². The van der Waals surface area contributed by atoms with Crippen LogP contribution in [0.2, 0.25) is 5.02 Å². The topological polar surface area (TPSA) is 67.6 Å². The predicted octanol–water partition coefficient (Wildman–Crippen LogP) is 2.07. The van der Waals surface area contributed by atoms with Gasteiger partial charge in [0.1, 0.15) is 6.33 Å². The summed E-state index contributed by atoms with van der Waals surface area (Å²) in [5.41, 5.74) is 6.57. The number of halogens is 1. The zero-order chi connectivity index (χ0) is 10.7. The van der Waals surface area contributed by atoms with Gasteiger partial charge in [-0.1, -0.05) is 17.7 Å². The highest BCUT2D eigenvalue weighted by Crippen LogP contribution is 2.31. The number of nitrogens with zero attached hydrogens (tertiary/aromatic N) is 2. The van der Waals surface area contributed by atoms with Crippen LogP contribution in [0.15, 0.2) is 34.6 Å². The van der Waals surface area contributed by atoms with E-state index in [1.807, 2.05) is 18.2 Å². The molecule has 1 heterocycles. The van der Waals surface area contributed by atoms with E-state index in [9.17, 15) is 0 Å². The van der Waals surface area contributed by atoms with Gasteiger partial charge in [-0.2, -0.15) is 5.10 Å². The fraction of sp³-hybridized carbons (Fsp3) is 0.111. The molecule has 0 unspecified atom stereocenters. The van der Waals surface area contributed by atoms with Crippen molar-refractivity contribution in [3.8, 4) is 0 Å². The van der Waals surface area contributed by atoms with Gasteiger partial charge in [0.25, 0.3) is 0 Å². The molecule has 0 radical (unpaired) electrons. The van der Waals surface area contributed by atoms with Crippen molar-refractivity contribution in [2.45, 2.75) is 16.6 Å². The van der Waals surface area contributed by atoms with Gasteiger partial charge in [0.05, 0.1) is 0 Å². The highest BCUT2D eigenvalue weighted by atomic mass is 35.5. The Hall–Kier alpha value is -1.04. The number of nitrogens with two attached hydrogens (primary N) is 1. The average Bonchev–Trinajstić information content (AvgIpc) is 2.71. The zero-order valence-electron chi connectivity index (χ0n) is 7.77. The molecule has 1 aromatic heterocycles. The van der Waals surface area contributed by atoms with Crippen LogP contribution in [0.1, 0.15) is 5.56 Å². The van der Waals surface area contributed by atoms with Gasteiger partial charge in [0.2, 0.25) is 0 Å². The number of rotatable bonds is 3. The van der Waals surface area contributed by atoms with E-state index in [2.05, 4.69) is 15.2 Å². The molecule has 3 N–H and O–H groups in total. The van der Waals surface area contributed by atoms with E-state index in [1.54, 1.807) is 0 Å². The molecule has 0 aliphatic rings. The van der Waals surface area contributed by atoms with Crippen molar-refractivity contribution in [3.63, 3.8) is 0 Å². The molecule has 0 saturated carbocycles. The first-order valence-electron chi connectivity index (χ1n) is 4.32. The second-order valence-electron chi connectivity index (χ2n) is 2.81. The highest BCUT2D eigenvalue weighted by molar-refractivity contribution is 7.99. The Morgan fingerprint density at radius 2 is 2.33 bits per heavy atom. The van der Waals surface area contributed by atoms with E-state index >= 15 is 0 Å². The van der Waals surface area contributed by atoms with Crippen LogP contribution in [-0.2, 0) is 6.54 Å². The molecular weight excluding hydrogens is 232 g/mol. The lowest BCUT2D eigenvalue weighted by Crippen LogP contribution is -1.99. The van der Waals surface area contributed by atoms with Gasteiger partial charge in [-0.25, -0.2) is 4.98 Å². The molecule has 15 heavy (non-hydrogen) atoms. The third kappa shape index (κ3) is 2.31. The molecule has 0 amide bonds. The fourth-order valence-corrected chi connectivity index (χ4v) is 2.36. The van der Waals surface area contributed by atoms with Crippen LogP contribution in [-0.4, -0.2) is 15.2 Å². The minimum atomic E-state index is 0.413. The van der Waals surface area contributed by atoms with Crippen molar-refractivity contribution in [2.75, 3.05) is 0 Å². The minimum absolute atomic E-state index is 0.413. The molecule has 4 nitrogen and oxygen atoms in total. The van der Waals surface area contributed by atoms with Gasteiger partial charge in [-0.15, -0.1) is 0 Å². The summed E-state index contributed by atoms with van der Waals surface area (Å²) in [6, 6.07) is 5.68. The lowest BCUT2D eigenvalue weighted by molar-refractivity contribution is 0.967. The Morgan fingerprint density at radius 3 is 3.00 bits per heavy atom. The van der Waals surface area contributed by atoms with E-state index in [1.165, 1.54) is 18.1 Å². The molecule has 2 rings (SSSR count). The summed E-state index contributed by atoms with van der Waals surface area (Å²) in [5, 5.41) is 7.96. The van der Waals surface area contributed by atoms with E-state index in [-0.39, 0.29) is 0 Å². The Balaban J connectivity index is 2.32. The summed E-state index contributed by atoms with van der Waals surface area (Å²) in [4.78, 5) is 5.03. The molecular formula is C9H9ClN4S. The lowest BCUT2D eigenvalue weighted by Gasteiger charge is -2.06. The fourth-order valence-electron chi connectivity index (χ4n) is 1.18. The molecule has 0 aliphatic heterocycles. The number of aromatic amines is 1. The van der Waals surface area contributed by atoms with Crippen LogP contribution in [0.3, 0.4) is 0 Å². The summed E-state index contributed by atoms with van der Waals surface area (Å²) in [5.74, 6) is 0. The molecule has 2 aromatic rings. The molecule has 0 atom stereocenters. The maximum atomic E-state index is 6.03. The monoisotopic (exact) mass is 240 g/mol. The van der Waals surface area contributed by atoms with E-state index in [0.29, 0.717) is 11.6 Å². The third-order valence-corrected chi connectivity index (χ3v) is 3.23. The van der Waals surface area contributed by atoms with Crippen LogP contribution < -0.4 is 5.73 Å². The number of H-pyrrole nitrogens is 1. The van der Waals surface area contributed by atoms with Crippen molar-refractivity contribution in [1.82, 2.24) is 15.2 Å². The number of aromatic nitrogens is 3. The molecule has 1 aromatic carbocycles. The molecule has 0 fully saturated rings. The van der Waals surface area contributed by atoms with Gasteiger partial charge in [-0.3, -0.25) is 5.10 Å². The summed E-state index contributed by atoms with van der Waals surface area (Å²) in [6.45, 7) is 0.413. The van der Waals surface area contributed by atoms with Gasteiger partial charge in [0.15, 0.2) is 5.16 Å². The minimum Gasteiger partial charge on any atom is -0.326 e. The SMILES string of the molecule is NCc1c(Cl)cccc1Sc1ncn[nH]1. The summed E-state index contributed by atoms with van der Waals surface area (Å²) < 4.78 is 0. The molecule has 6 heteroatoms. The Bertz CT molecular complexity index is 443. The number of hydrogen-bond donors (Lipinski definition) is 2. The van der Waals surface area contributed by atoms with Gasteiger partial charge >= 0.3 is 0 Å². The van der Waals surface area contributed by atoms with Crippen molar-refractivity contribution < 1.29 is 0 Å². The Labute approximate surface area is 96.2 Å². The largest absolute Gasteiger partial charge is 0.326 e. The molecule has 78 valence electrons. The van der Waals surface area contributed by atoms with Crippen LogP contribution in [0.5, 0.6) is 0 Å². The van der Waals surface area contributed by atoms with E-state index < -0.39 is 0 Å². The second-order valence-corrected chi connectivity index (χ2v) is 4.25. The number of nitrogens with one attached hydrogen (secondary N) is 1. The first kappa shape index (κ1) is 10.5. The Kier molecular flexibility index (Phi) is 3.25. The zero-order valence-corrected chi connectivity index (χ0v) is 9.35. The average molecular weight is 241 g/mol. The standard InChI is InChI=1S/C9H9ClN4S/c10-7-2-1-3-8(6(7)4-11)15-9-12-5-13-14-9/h1-3,5H,4,11H2,(H,12,13,14). The molecule has 0 spiro atoms. The van der Waals surface area contributed by atoms with Crippen molar-refractivity contribution >= 4 is 23.4 Å². The Morgan fingerprint density at radius 1 is 1.47 bits per heavy atom. The molecule has 0 bridgehead atoms. The van der Waals surface area contributed by atoms with Gasteiger partial charge in [-0.05, 0) is 29.5 Å². The maximum absolute atomic E-state index is 6.03. The summed E-state index contributed by atoms with van der Waals surface area (Å²) >= 11 is 7.50. The molecule has 0 aliphatic carbocycles. The van der Waals surface area contributed by atoms with Crippen molar-refractivity contribution in [1.29, 1.82) is 0 Å². The van der Waals surface area contributed by atoms with Crippen molar-refractivity contribution in [3.05, 3.63) is 35.1 Å². The summed E-state index contributed by atoms with van der Waals surface area (Å²) in [6.07, 6.45) is 1.47. The normalized spacial score (nSPS) is 10.5. The first-order chi connectivity index (χ1) is 7.31. The number of benzene rings is 1. The predicted molar refractivity (Wildman–Crippen MR) is 59.8 cm³/mol. The van der Waals surface area contributed by atoms with Crippen LogP contribution in [0.4, 0.5) is 0 Å². The van der Waals surface area contributed by atoms with Crippen molar-refractivity contribution in [2.24, 2.45) is 5.73 Å². The summed E-state index contributed by atoms with van der Waals surface area (Å²) in [7, 11) is 0. The van der Waals surface area contributed by atoms with E-state index in [0.717, 1.165) is 15.6 Å².